The van der Waals surface area contributed by atoms with Crippen molar-refractivity contribution in [2.24, 2.45) is 0 Å². The Bertz CT molecular complexity index is 900. The molecule has 0 amide bonds. The molecule has 3 aromatic rings. The summed E-state index contributed by atoms with van der Waals surface area (Å²) in [4.78, 5) is 9.34. The van der Waals surface area contributed by atoms with Crippen LogP contribution in [0.15, 0.2) is 65.2 Å². The molecule has 0 saturated carbocycles. The van der Waals surface area contributed by atoms with Crippen molar-refractivity contribution in [3.05, 3.63) is 77.2 Å². The highest BCUT2D eigenvalue weighted by Crippen LogP contribution is 2.19. The Morgan fingerprint density at radius 1 is 0.929 bits per heavy atom. The van der Waals surface area contributed by atoms with Crippen LogP contribution in [0.4, 0.5) is 0 Å². The highest BCUT2D eigenvalue weighted by atomic mass is 35.5. The van der Waals surface area contributed by atoms with Gasteiger partial charge >= 0.3 is 0 Å². The van der Waals surface area contributed by atoms with Crippen LogP contribution in [0.5, 0.6) is 0 Å². The van der Waals surface area contributed by atoms with Gasteiger partial charge in [-0.05, 0) is 29.8 Å². The number of halogens is 1. The van der Waals surface area contributed by atoms with E-state index in [0.29, 0.717) is 23.3 Å². The van der Waals surface area contributed by atoms with Gasteiger partial charge in [-0.3, -0.25) is 9.80 Å². The van der Waals surface area contributed by atoms with Crippen molar-refractivity contribution in [1.82, 2.24) is 19.9 Å². The molecule has 0 N–H and O–H groups in total. The Morgan fingerprint density at radius 3 is 2.39 bits per heavy atom. The molecule has 1 aromatic heterocycles. The Morgan fingerprint density at radius 2 is 1.64 bits per heavy atom. The first-order valence-electron chi connectivity index (χ1n) is 9.51. The molecule has 2 heterocycles. The van der Waals surface area contributed by atoms with Crippen LogP contribution in [0, 0.1) is 0 Å². The summed E-state index contributed by atoms with van der Waals surface area (Å²) in [5, 5.41) is 4.79. The second-order valence-electron chi connectivity index (χ2n) is 6.91. The zero-order valence-corrected chi connectivity index (χ0v) is 16.4. The van der Waals surface area contributed by atoms with E-state index in [-0.39, 0.29) is 0 Å². The van der Waals surface area contributed by atoms with Gasteiger partial charge < -0.3 is 4.52 Å². The molecule has 6 heteroatoms. The molecule has 0 aliphatic carbocycles. The van der Waals surface area contributed by atoms with E-state index in [0.717, 1.165) is 38.3 Å². The molecular formula is C22H23ClN4O. The van der Waals surface area contributed by atoms with Gasteiger partial charge in [-0.2, -0.15) is 4.98 Å². The molecule has 144 valence electrons. The molecule has 1 saturated heterocycles. The highest BCUT2D eigenvalue weighted by molar-refractivity contribution is 6.30. The molecule has 1 fully saturated rings. The molecule has 0 atom stereocenters. The lowest BCUT2D eigenvalue weighted by molar-refractivity contribution is 0.125. The quantitative estimate of drug-likeness (QED) is 0.626. The van der Waals surface area contributed by atoms with E-state index < -0.39 is 0 Å². The van der Waals surface area contributed by atoms with Gasteiger partial charge in [-0.1, -0.05) is 59.2 Å². The van der Waals surface area contributed by atoms with E-state index in [4.69, 9.17) is 16.1 Å². The lowest BCUT2D eigenvalue weighted by atomic mass is 10.2. The molecule has 1 aliphatic rings. The normalized spacial score (nSPS) is 16.0. The summed E-state index contributed by atoms with van der Waals surface area (Å²) in [5.41, 5.74) is 2.16. The fraction of sp³-hybridized carbons (Fsp3) is 0.273. The Labute approximate surface area is 170 Å². The average Bonchev–Trinajstić information content (AvgIpc) is 3.19. The molecule has 2 aromatic carbocycles. The zero-order valence-electron chi connectivity index (χ0n) is 15.7. The molecule has 28 heavy (non-hydrogen) atoms. The van der Waals surface area contributed by atoms with Gasteiger partial charge in [-0.15, -0.1) is 0 Å². The lowest BCUT2D eigenvalue weighted by Gasteiger charge is -2.33. The largest absolute Gasteiger partial charge is 0.338 e. The van der Waals surface area contributed by atoms with Gasteiger partial charge in [0.25, 0.3) is 0 Å². The maximum absolute atomic E-state index is 5.93. The van der Waals surface area contributed by atoms with Crippen molar-refractivity contribution >= 4 is 17.7 Å². The van der Waals surface area contributed by atoms with Crippen LogP contribution in [0.2, 0.25) is 5.02 Å². The van der Waals surface area contributed by atoms with Crippen molar-refractivity contribution in [3.8, 4) is 11.4 Å². The maximum atomic E-state index is 5.93. The van der Waals surface area contributed by atoms with Crippen molar-refractivity contribution < 1.29 is 4.52 Å². The summed E-state index contributed by atoms with van der Waals surface area (Å²) in [7, 11) is 0. The van der Waals surface area contributed by atoms with Crippen molar-refractivity contribution in [3.63, 3.8) is 0 Å². The van der Waals surface area contributed by atoms with E-state index in [2.05, 4.69) is 56.4 Å². The Balaban J connectivity index is 1.24. The summed E-state index contributed by atoms with van der Waals surface area (Å²) in [5.74, 6) is 1.26. The summed E-state index contributed by atoms with van der Waals surface area (Å²) in [6, 6.07) is 17.9. The standard InChI is InChI=1S/C22H23ClN4O/c23-20-10-8-19(9-11-20)22-24-21(28-25-22)17-27-15-13-26(14-16-27)12-4-7-18-5-2-1-3-6-18/h1-11H,12-17H2/b7-4+. The molecule has 0 spiro atoms. The molecule has 0 unspecified atom stereocenters. The first kappa shape index (κ1) is 18.9. The fourth-order valence-corrected chi connectivity index (χ4v) is 3.38. The zero-order chi connectivity index (χ0) is 19.2. The van der Waals surface area contributed by atoms with Crippen LogP contribution in [-0.2, 0) is 6.54 Å². The second kappa shape index (κ2) is 9.15. The predicted molar refractivity (Wildman–Crippen MR) is 112 cm³/mol. The van der Waals surface area contributed by atoms with E-state index >= 15 is 0 Å². The van der Waals surface area contributed by atoms with E-state index in [1.165, 1.54) is 5.56 Å². The van der Waals surface area contributed by atoms with Crippen LogP contribution in [0.3, 0.4) is 0 Å². The van der Waals surface area contributed by atoms with Crippen LogP contribution < -0.4 is 0 Å². The SMILES string of the molecule is Clc1ccc(-c2noc(CN3CCN(C/C=C/c4ccccc4)CC3)n2)cc1. The number of aromatic nitrogens is 2. The molecule has 5 nitrogen and oxygen atoms in total. The second-order valence-corrected chi connectivity index (χ2v) is 7.34. The maximum Gasteiger partial charge on any atom is 0.241 e. The number of nitrogens with zero attached hydrogens (tertiary/aromatic N) is 4. The fourth-order valence-electron chi connectivity index (χ4n) is 3.26. The van der Waals surface area contributed by atoms with Gasteiger partial charge in [0.15, 0.2) is 0 Å². The first-order valence-corrected chi connectivity index (χ1v) is 9.89. The van der Waals surface area contributed by atoms with E-state index in [9.17, 15) is 0 Å². The van der Waals surface area contributed by atoms with Crippen LogP contribution in [-0.4, -0.2) is 52.7 Å². The number of rotatable bonds is 6. The summed E-state index contributed by atoms with van der Waals surface area (Å²) >= 11 is 5.93. The number of hydrogen-bond donors (Lipinski definition) is 0. The third kappa shape index (κ3) is 5.07. The third-order valence-corrected chi connectivity index (χ3v) is 5.12. The molecule has 0 bridgehead atoms. The van der Waals surface area contributed by atoms with Crippen molar-refractivity contribution in [1.29, 1.82) is 0 Å². The highest BCUT2D eigenvalue weighted by Gasteiger charge is 2.18. The minimum atomic E-state index is 0.608. The van der Waals surface area contributed by atoms with Gasteiger partial charge in [0.05, 0.1) is 6.54 Å². The van der Waals surface area contributed by atoms with Gasteiger partial charge in [0.2, 0.25) is 11.7 Å². The number of hydrogen-bond acceptors (Lipinski definition) is 5. The minimum absolute atomic E-state index is 0.608. The van der Waals surface area contributed by atoms with Crippen LogP contribution in [0.1, 0.15) is 11.5 Å². The van der Waals surface area contributed by atoms with Crippen molar-refractivity contribution in [2.45, 2.75) is 6.54 Å². The van der Waals surface area contributed by atoms with Gasteiger partial charge in [0.1, 0.15) is 0 Å². The molecule has 1 aliphatic heterocycles. The predicted octanol–water partition coefficient (Wildman–Crippen LogP) is 4.22. The van der Waals surface area contributed by atoms with E-state index in [1.54, 1.807) is 0 Å². The molecular weight excluding hydrogens is 372 g/mol. The van der Waals surface area contributed by atoms with E-state index in [1.807, 2.05) is 30.3 Å². The van der Waals surface area contributed by atoms with Crippen LogP contribution >= 0.6 is 11.6 Å². The summed E-state index contributed by atoms with van der Waals surface area (Å²) in [6.45, 7) is 5.74. The number of piperazine rings is 1. The monoisotopic (exact) mass is 394 g/mol. The average molecular weight is 395 g/mol. The summed E-state index contributed by atoms with van der Waals surface area (Å²) in [6.07, 6.45) is 4.42. The first-order chi connectivity index (χ1) is 13.8. The number of benzene rings is 2. The minimum Gasteiger partial charge on any atom is -0.338 e. The molecule has 4 rings (SSSR count). The molecule has 0 radical (unpaired) electrons. The smallest absolute Gasteiger partial charge is 0.241 e. The Kier molecular flexibility index (Phi) is 6.17. The van der Waals surface area contributed by atoms with Gasteiger partial charge in [-0.25, -0.2) is 0 Å². The third-order valence-electron chi connectivity index (χ3n) is 4.87. The van der Waals surface area contributed by atoms with Gasteiger partial charge in [0, 0.05) is 43.3 Å². The topological polar surface area (TPSA) is 45.4 Å². The van der Waals surface area contributed by atoms with Crippen LogP contribution in [0.25, 0.3) is 17.5 Å². The summed E-state index contributed by atoms with van der Waals surface area (Å²) < 4.78 is 5.43. The lowest BCUT2D eigenvalue weighted by Crippen LogP contribution is -2.45. The Hall–Kier alpha value is -2.47. The van der Waals surface area contributed by atoms with Crippen molar-refractivity contribution in [2.75, 3.05) is 32.7 Å².